The number of likely N-dealkylation sites (tertiary alicyclic amines) is 1. The van der Waals surface area contributed by atoms with Gasteiger partial charge in [-0.15, -0.1) is 0 Å². The molecule has 3 rings (SSSR count). The molecule has 0 aromatic heterocycles. The van der Waals surface area contributed by atoms with Crippen LogP contribution in [-0.2, 0) is 0 Å². The van der Waals surface area contributed by atoms with Crippen LogP contribution in [0.3, 0.4) is 0 Å². The van der Waals surface area contributed by atoms with Gasteiger partial charge in [0.2, 0.25) is 0 Å². The zero-order valence-electron chi connectivity index (χ0n) is 11.9. The molecule has 0 spiro atoms. The molecule has 2 aromatic rings. The third-order valence-electron chi connectivity index (χ3n) is 3.89. The highest BCUT2D eigenvalue weighted by Gasteiger charge is 2.31. The van der Waals surface area contributed by atoms with Crippen molar-refractivity contribution in [3.8, 4) is 0 Å². The van der Waals surface area contributed by atoms with Crippen molar-refractivity contribution in [2.75, 3.05) is 11.9 Å². The summed E-state index contributed by atoms with van der Waals surface area (Å²) < 4.78 is 13.7. The minimum atomic E-state index is -0.440. The van der Waals surface area contributed by atoms with Gasteiger partial charge in [-0.25, -0.2) is 9.18 Å². The molecule has 1 N–H and O–H groups in total. The fourth-order valence-electron chi connectivity index (χ4n) is 2.83. The smallest absolute Gasteiger partial charge is 0.317 e. The van der Waals surface area contributed by atoms with Gasteiger partial charge in [0, 0.05) is 11.6 Å². The van der Waals surface area contributed by atoms with Gasteiger partial charge in [-0.05, 0) is 36.6 Å². The molecule has 2 amide bonds. The number of benzene rings is 2. The van der Waals surface area contributed by atoms with Crippen LogP contribution >= 0.6 is 11.6 Å². The molecule has 0 aliphatic carbocycles. The molecule has 2 aromatic carbocycles. The first-order valence-electron chi connectivity index (χ1n) is 7.23. The van der Waals surface area contributed by atoms with E-state index in [1.165, 1.54) is 6.07 Å². The molecule has 3 nitrogen and oxygen atoms in total. The molecule has 1 atom stereocenters. The number of halogens is 2. The van der Waals surface area contributed by atoms with E-state index in [0.29, 0.717) is 11.6 Å². The summed E-state index contributed by atoms with van der Waals surface area (Å²) in [4.78, 5) is 14.2. The van der Waals surface area contributed by atoms with E-state index in [4.69, 9.17) is 11.6 Å². The van der Waals surface area contributed by atoms with Crippen LogP contribution in [0, 0.1) is 5.82 Å². The molecule has 1 saturated heterocycles. The second-order valence-electron chi connectivity index (χ2n) is 5.28. The van der Waals surface area contributed by atoms with Gasteiger partial charge >= 0.3 is 6.03 Å². The Kier molecular flexibility index (Phi) is 4.29. The van der Waals surface area contributed by atoms with Crippen molar-refractivity contribution in [3.05, 3.63) is 64.9 Å². The van der Waals surface area contributed by atoms with Crippen molar-refractivity contribution in [2.24, 2.45) is 0 Å². The predicted molar refractivity (Wildman–Crippen MR) is 85.6 cm³/mol. The Morgan fingerprint density at radius 1 is 1.18 bits per heavy atom. The van der Waals surface area contributed by atoms with Crippen molar-refractivity contribution in [2.45, 2.75) is 18.9 Å². The lowest BCUT2D eigenvalue weighted by Crippen LogP contribution is -2.34. The van der Waals surface area contributed by atoms with Gasteiger partial charge in [0.05, 0.1) is 11.7 Å². The molecular formula is C17H16ClFN2O. The number of hydrogen-bond acceptors (Lipinski definition) is 1. The van der Waals surface area contributed by atoms with E-state index in [9.17, 15) is 9.18 Å². The van der Waals surface area contributed by atoms with E-state index < -0.39 is 5.82 Å². The second-order valence-corrected chi connectivity index (χ2v) is 5.69. The topological polar surface area (TPSA) is 32.3 Å². The Balaban J connectivity index is 1.80. The number of nitrogens with zero attached hydrogens (tertiary/aromatic N) is 1. The molecule has 114 valence electrons. The molecule has 5 heteroatoms. The van der Waals surface area contributed by atoms with E-state index in [1.807, 2.05) is 24.3 Å². The van der Waals surface area contributed by atoms with Crippen LogP contribution in [0.1, 0.15) is 24.4 Å². The monoisotopic (exact) mass is 318 g/mol. The van der Waals surface area contributed by atoms with Crippen molar-refractivity contribution < 1.29 is 9.18 Å². The molecule has 22 heavy (non-hydrogen) atoms. The third-order valence-corrected chi connectivity index (χ3v) is 4.24. The fraction of sp³-hybridized carbons (Fsp3) is 0.235. The van der Waals surface area contributed by atoms with Crippen molar-refractivity contribution in [3.63, 3.8) is 0 Å². The molecular weight excluding hydrogens is 303 g/mol. The lowest BCUT2D eigenvalue weighted by Gasteiger charge is -2.26. The summed E-state index contributed by atoms with van der Waals surface area (Å²) in [6.45, 7) is 0.635. The van der Waals surface area contributed by atoms with Crippen LogP contribution in [0.5, 0.6) is 0 Å². The molecule has 1 aliphatic rings. The largest absolute Gasteiger partial charge is 0.322 e. The minimum Gasteiger partial charge on any atom is -0.317 e. The maximum Gasteiger partial charge on any atom is 0.322 e. The lowest BCUT2D eigenvalue weighted by molar-refractivity contribution is 0.207. The van der Waals surface area contributed by atoms with Crippen molar-refractivity contribution in [1.82, 2.24) is 4.90 Å². The first kappa shape index (κ1) is 14.9. The molecule has 1 unspecified atom stereocenters. The van der Waals surface area contributed by atoms with Gasteiger partial charge in [0.1, 0.15) is 5.82 Å². The highest BCUT2D eigenvalue weighted by Crippen LogP contribution is 2.36. The molecule has 1 aliphatic heterocycles. The first-order valence-corrected chi connectivity index (χ1v) is 7.61. The maximum atomic E-state index is 13.7. The Morgan fingerprint density at radius 3 is 2.68 bits per heavy atom. The van der Waals surface area contributed by atoms with Crippen LogP contribution in [0.25, 0.3) is 0 Å². The highest BCUT2D eigenvalue weighted by molar-refractivity contribution is 6.31. The van der Waals surface area contributed by atoms with Crippen LogP contribution in [0.15, 0.2) is 48.5 Å². The molecule has 0 bridgehead atoms. The number of carbonyl (C=O) groups excluding carboxylic acids is 1. The van der Waals surface area contributed by atoms with Gasteiger partial charge in [-0.2, -0.15) is 0 Å². The van der Waals surface area contributed by atoms with E-state index in [1.54, 1.807) is 23.1 Å². The summed E-state index contributed by atoms with van der Waals surface area (Å²) in [5.74, 6) is -0.440. The zero-order chi connectivity index (χ0) is 15.5. The molecule has 1 heterocycles. The average molecular weight is 319 g/mol. The standard InChI is InChI=1S/C17H16ClFN2O/c18-13-7-2-1-6-12(13)16-10-5-11-21(16)17(22)20-15-9-4-3-8-14(15)19/h1-4,6-9,16H,5,10-11H2,(H,20,22). The number of carbonyl (C=O) groups is 1. The van der Waals surface area contributed by atoms with Gasteiger partial charge in [0.15, 0.2) is 0 Å². The Hall–Kier alpha value is -2.07. The minimum absolute atomic E-state index is 0.0690. The van der Waals surface area contributed by atoms with E-state index >= 15 is 0 Å². The van der Waals surface area contributed by atoms with Crippen LogP contribution in [0.4, 0.5) is 14.9 Å². The third kappa shape index (κ3) is 2.92. The summed E-state index contributed by atoms with van der Waals surface area (Å²) in [6.07, 6.45) is 1.76. The number of para-hydroxylation sites is 1. The SMILES string of the molecule is O=C(Nc1ccccc1F)N1CCCC1c1ccccc1Cl. The highest BCUT2D eigenvalue weighted by atomic mass is 35.5. The van der Waals surface area contributed by atoms with Crippen molar-refractivity contribution >= 4 is 23.3 Å². The molecule has 0 radical (unpaired) electrons. The Morgan fingerprint density at radius 2 is 1.91 bits per heavy atom. The maximum absolute atomic E-state index is 13.7. The number of rotatable bonds is 2. The Labute approximate surface area is 133 Å². The average Bonchev–Trinajstić information content (AvgIpc) is 2.99. The lowest BCUT2D eigenvalue weighted by atomic mass is 10.0. The quantitative estimate of drug-likeness (QED) is 0.843. The van der Waals surface area contributed by atoms with Gasteiger partial charge < -0.3 is 10.2 Å². The van der Waals surface area contributed by atoms with E-state index in [2.05, 4.69) is 5.32 Å². The van der Waals surface area contributed by atoms with E-state index in [-0.39, 0.29) is 17.8 Å². The summed E-state index contributed by atoms with van der Waals surface area (Å²) in [7, 11) is 0. The summed E-state index contributed by atoms with van der Waals surface area (Å²) >= 11 is 6.24. The van der Waals surface area contributed by atoms with Gasteiger partial charge in [0.25, 0.3) is 0 Å². The summed E-state index contributed by atoms with van der Waals surface area (Å²) in [6, 6.07) is 13.3. The Bertz CT molecular complexity index is 692. The molecule has 1 fully saturated rings. The number of urea groups is 1. The normalized spacial score (nSPS) is 17.5. The van der Waals surface area contributed by atoms with Crippen LogP contribution in [-0.4, -0.2) is 17.5 Å². The predicted octanol–water partition coefficient (Wildman–Crippen LogP) is 4.85. The summed E-state index contributed by atoms with van der Waals surface area (Å²) in [5.41, 5.74) is 1.13. The number of anilines is 1. The van der Waals surface area contributed by atoms with Crippen LogP contribution < -0.4 is 5.32 Å². The zero-order valence-corrected chi connectivity index (χ0v) is 12.7. The van der Waals surface area contributed by atoms with Gasteiger partial charge in [-0.1, -0.05) is 41.9 Å². The first-order chi connectivity index (χ1) is 10.7. The number of nitrogens with one attached hydrogen (secondary N) is 1. The number of hydrogen-bond donors (Lipinski definition) is 1. The fourth-order valence-corrected chi connectivity index (χ4v) is 3.09. The van der Waals surface area contributed by atoms with Crippen LogP contribution in [0.2, 0.25) is 5.02 Å². The molecule has 0 saturated carbocycles. The number of amides is 2. The van der Waals surface area contributed by atoms with E-state index in [0.717, 1.165) is 18.4 Å². The summed E-state index contributed by atoms with van der Waals surface area (Å²) in [5, 5.41) is 3.29. The van der Waals surface area contributed by atoms with Gasteiger partial charge in [-0.3, -0.25) is 0 Å². The second kappa shape index (κ2) is 6.36. The van der Waals surface area contributed by atoms with Crippen molar-refractivity contribution in [1.29, 1.82) is 0 Å².